The predicted molar refractivity (Wildman–Crippen MR) is 102 cm³/mol. The molecule has 1 aliphatic rings. The Bertz CT molecular complexity index is 712. The van der Waals surface area contributed by atoms with Crippen molar-refractivity contribution in [3.63, 3.8) is 0 Å². The second-order valence-corrected chi connectivity index (χ2v) is 6.56. The van der Waals surface area contributed by atoms with Crippen molar-refractivity contribution in [1.29, 1.82) is 0 Å². The fourth-order valence-electron chi connectivity index (χ4n) is 2.88. The third kappa shape index (κ3) is 3.33. The Morgan fingerprint density at radius 2 is 2.22 bits per heavy atom. The molecular formula is C16H18ClIN4O. The highest BCUT2D eigenvalue weighted by molar-refractivity contribution is 14.1. The number of rotatable bonds is 4. The summed E-state index contributed by atoms with van der Waals surface area (Å²) in [5, 5.41) is 11.7. The van der Waals surface area contributed by atoms with Crippen LogP contribution in [0.25, 0.3) is 0 Å². The van der Waals surface area contributed by atoms with E-state index < -0.39 is 0 Å². The monoisotopic (exact) mass is 444 g/mol. The molecule has 1 atom stereocenters. The number of alkyl halides is 1. The maximum Gasteiger partial charge on any atom is 0.172 e. The fraction of sp³-hybridized carbons (Fsp3) is 0.375. The van der Waals surface area contributed by atoms with Crippen LogP contribution in [0.5, 0.6) is 5.75 Å². The molecule has 0 saturated carbocycles. The molecule has 1 aromatic carbocycles. The minimum Gasteiger partial charge on any atom is -0.496 e. The zero-order valence-electron chi connectivity index (χ0n) is 13.0. The van der Waals surface area contributed by atoms with Gasteiger partial charge < -0.3 is 15.0 Å². The van der Waals surface area contributed by atoms with E-state index in [-0.39, 0.29) is 6.04 Å². The number of nitrogens with one attached hydrogen (secondary N) is 1. The van der Waals surface area contributed by atoms with Crippen molar-refractivity contribution in [2.75, 3.05) is 30.4 Å². The number of hydrogen-bond acceptors (Lipinski definition) is 5. The molecule has 122 valence electrons. The van der Waals surface area contributed by atoms with Crippen molar-refractivity contribution in [3.05, 3.63) is 40.5 Å². The molecule has 0 radical (unpaired) electrons. The van der Waals surface area contributed by atoms with Gasteiger partial charge in [-0.2, -0.15) is 0 Å². The van der Waals surface area contributed by atoms with Gasteiger partial charge in [0.2, 0.25) is 0 Å². The Morgan fingerprint density at radius 1 is 1.39 bits per heavy atom. The highest BCUT2D eigenvalue weighted by Gasteiger charge is 2.26. The van der Waals surface area contributed by atoms with Crippen molar-refractivity contribution >= 4 is 45.7 Å². The van der Waals surface area contributed by atoms with Gasteiger partial charge in [0.1, 0.15) is 5.75 Å². The molecular weight excluding hydrogens is 427 g/mol. The molecule has 0 bridgehead atoms. The predicted octanol–water partition coefficient (Wildman–Crippen LogP) is 4.07. The van der Waals surface area contributed by atoms with Gasteiger partial charge in [0.15, 0.2) is 11.0 Å². The topological polar surface area (TPSA) is 50.3 Å². The van der Waals surface area contributed by atoms with E-state index in [4.69, 9.17) is 16.3 Å². The molecule has 0 saturated heterocycles. The molecule has 0 spiro atoms. The number of ether oxygens (including phenoxy) is 1. The molecule has 1 aromatic heterocycles. The van der Waals surface area contributed by atoms with Gasteiger partial charge in [-0.3, -0.25) is 0 Å². The van der Waals surface area contributed by atoms with E-state index in [2.05, 4.69) is 62.1 Å². The Kier molecular flexibility index (Phi) is 5.11. The van der Waals surface area contributed by atoms with Gasteiger partial charge in [-0.25, -0.2) is 0 Å². The first kappa shape index (κ1) is 16.6. The molecule has 1 unspecified atom stereocenters. The van der Waals surface area contributed by atoms with Crippen LogP contribution in [0.1, 0.15) is 24.1 Å². The average Bonchev–Trinajstić information content (AvgIpc) is 2.60. The van der Waals surface area contributed by atoms with Crippen LogP contribution in [-0.2, 0) is 4.43 Å². The summed E-state index contributed by atoms with van der Waals surface area (Å²) in [5.41, 5.74) is 3.43. The standard InChI is InChI=1S/C16H18ClIN4O/c1-10(12-7-11(9-18)3-4-14(12)23-2)22-6-5-19-16-13(22)8-15(17)20-21-16/h3-4,7-8,10H,5-6,9H2,1-2H3,(H,19,21). The molecule has 0 fully saturated rings. The Hall–Kier alpha value is -1.28. The van der Waals surface area contributed by atoms with Crippen LogP contribution >= 0.6 is 34.2 Å². The number of nitrogens with zero attached hydrogens (tertiary/aromatic N) is 3. The number of fused-ring (bicyclic) bond motifs is 1. The second-order valence-electron chi connectivity index (χ2n) is 5.41. The average molecular weight is 445 g/mol. The summed E-state index contributed by atoms with van der Waals surface area (Å²) in [6, 6.07) is 8.37. The first-order valence-electron chi connectivity index (χ1n) is 7.40. The molecule has 5 nitrogen and oxygen atoms in total. The van der Waals surface area contributed by atoms with Gasteiger partial charge >= 0.3 is 0 Å². The third-order valence-electron chi connectivity index (χ3n) is 4.06. The zero-order chi connectivity index (χ0) is 16.4. The van der Waals surface area contributed by atoms with E-state index in [1.54, 1.807) is 7.11 Å². The Morgan fingerprint density at radius 3 is 2.96 bits per heavy atom. The molecule has 2 aromatic rings. The summed E-state index contributed by atoms with van der Waals surface area (Å²) in [6.07, 6.45) is 0. The lowest BCUT2D eigenvalue weighted by molar-refractivity contribution is 0.405. The van der Waals surface area contributed by atoms with Crippen LogP contribution < -0.4 is 15.0 Å². The van der Waals surface area contributed by atoms with Gasteiger partial charge in [-0.15, -0.1) is 10.2 Å². The lowest BCUT2D eigenvalue weighted by Crippen LogP contribution is -2.36. The van der Waals surface area contributed by atoms with Gasteiger partial charge in [0.05, 0.1) is 18.8 Å². The van der Waals surface area contributed by atoms with Crippen LogP contribution in [0.2, 0.25) is 5.15 Å². The summed E-state index contributed by atoms with van der Waals surface area (Å²) >= 11 is 8.42. The molecule has 2 heterocycles. The van der Waals surface area contributed by atoms with Gasteiger partial charge in [-0.1, -0.05) is 40.3 Å². The summed E-state index contributed by atoms with van der Waals surface area (Å²) in [6.45, 7) is 3.87. The minimum atomic E-state index is 0.147. The Labute approximate surface area is 154 Å². The highest BCUT2D eigenvalue weighted by Crippen LogP contribution is 2.38. The molecule has 3 rings (SSSR count). The van der Waals surface area contributed by atoms with E-state index in [0.717, 1.165) is 34.8 Å². The zero-order valence-corrected chi connectivity index (χ0v) is 15.9. The van der Waals surface area contributed by atoms with E-state index >= 15 is 0 Å². The lowest BCUT2D eigenvalue weighted by atomic mass is 10.0. The smallest absolute Gasteiger partial charge is 0.172 e. The highest BCUT2D eigenvalue weighted by atomic mass is 127. The summed E-state index contributed by atoms with van der Waals surface area (Å²) in [7, 11) is 1.71. The van der Waals surface area contributed by atoms with Crippen LogP contribution in [-0.4, -0.2) is 30.4 Å². The molecule has 7 heteroatoms. The van der Waals surface area contributed by atoms with Gasteiger partial charge in [0, 0.05) is 29.1 Å². The minimum absolute atomic E-state index is 0.147. The second kappa shape index (κ2) is 7.09. The maximum atomic E-state index is 6.05. The van der Waals surface area contributed by atoms with Crippen molar-refractivity contribution in [2.24, 2.45) is 0 Å². The maximum absolute atomic E-state index is 6.05. The number of anilines is 2. The van der Waals surface area contributed by atoms with Crippen LogP contribution in [0, 0.1) is 0 Å². The van der Waals surface area contributed by atoms with Crippen LogP contribution in [0.15, 0.2) is 24.3 Å². The van der Waals surface area contributed by atoms with Crippen molar-refractivity contribution in [2.45, 2.75) is 17.4 Å². The number of benzene rings is 1. The van der Waals surface area contributed by atoms with Crippen molar-refractivity contribution in [1.82, 2.24) is 10.2 Å². The van der Waals surface area contributed by atoms with Gasteiger partial charge in [0.25, 0.3) is 0 Å². The van der Waals surface area contributed by atoms with E-state index in [1.807, 2.05) is 12.1 Å². The quantitative estimate of drug-likeness (QED) is 0.569. The number of hydrogen-bond donors (Lipinski definition) is 1. The first-order valence-corrected chi connectivity index (χ1v) is 9.31. The van der Waals surface area contributed by atoms with Crippen LogP contribution in [0.3, 0.4) is 0 Å². The number of methoxy groups -OCH3 is 1. The lowest BCUT2D eigenvalue weighted by Gasteiger charge is -2.36. The third-order valence-corrected chi connectivity index (χ3v) is 5.13. The van der Waals surface area contributed by atoms with E-state index in [1.165, 1.54) is 11.1 Å². The molecule has 1 aliphatic heterocycles. The first-order chi connectivity index (χ1) is 11.1. The van der Waals surface area contributed by atoms with E-state index in [0.29, 0.717) is 5.15 Å². The summed E-state index contributed by atoms with van der Waals surface area (Å²) < 4.78 is 6.54. The summed E-state index contributed by atoms with van der Waals surface area (Å²) in [5.74, 6) is 1.68. The van der Waals surface area contributed by atoms with Crippen molar-refractivity contribution in [3.8, 4) is 5.75 Å². The SMILES string of the molecule is COc1ccc(CI)cc1C(C)N1CCNc2nnc(Cl)cc21. The van der Waals surface area contributed by atoms with E-state index in [9.17, 15) is 0 Å². The van der Waals surface area contributed by atoms with Crippen LogP contribution in [0.4, 0.5) is 11.5 Å². The van der Waals surface area contributed by atoms with Crippen molar-refractivity contribution < 1.29 is 4.74 Å². The number of halogens is 2. The fourth-order valence-corrected chi connectivity index (χ4v) is 3.50. The van der Waals surface area contributed by atoms with Gasteiger partial charge in [-0.05, 0) is 24.6 Å². The molecule has 1 N–H and O–H groups in total. The Balaban J connectivity index is 2.02. The summed E-state index contributed by atoms with van der Waals surface area (Å²) in [4.78, 5) is 2.29. The largest absolute Gasteiger partial charge is 0.496 e. The molecule has 0 amide bonds. The molecule has 0 aliphatic carbocycles. The molecule has 23 heavy (non-hydrogen) atoms. The normalized spacial score (nSPS) is 14.9. The number of aromatic nitrogens is 2.